The summed E-state index contributed by atoms with van der Waals surface area (Å²) >= 11 is 0. The van der Waals surface area contributed by atoms with E-state index in [1.807, 2.05) is 0 Å². The van der Waals surface area contributed by atoms with Crippen LogP contribution in [0.15, 0.2) is 16.6 Å². The maximum atomic E-state index is 11.1. The number of allylic oxidation sites excluding steroid dienone is 2. The molecule has 3 heteroatoms. The number of aliphatic imine (C=N–C) groups is 1. The Kier molecular flexibility index (Phi) is 6.26. The molecule has 1 aliphatic rings. The second-order valence-electron chi connectivity index (χ2n) is 6.20. The van der Waals surface area contributed by atoms with Gasteiger partial charge in [0.25, 0.3) is 0 Å². The van der Waals surface area contributed by atoms with Crippen molar-refractivity contribution < 1.29 is 9.53 Å². The number of carbonyl (C=O) groups is 1. The molecular formula is C16H27NO2. The van der Waals surface area contributed by atoms with E-state index in [1.165, 1.54) is 31.9 Å². The Bertz CT molecular complexity index is 350. The Labute approximate surface area is 117 Å². The molecule has 0 N–H and O–H groups in total. The summed E-state index contributed by atoms with van der Waals surface area (Å²) in [5.41, 5.74) is 1.53. The van der Waals surface area contributed by atoms with Crippen LogP contribution < -0.4 is 0 Å². The second kappa shape index (κ2) is 7.46. The van der Waals surface area contributed by atoms with Crippen LogP contribution in [0.1, 0.15) is 59.3 Å². The van der Waals surface area contributed by atoms with Crippen molar-refractivity contribution in [3.05, 3.63) is 11.6 Å². The number of ether oxygens (including phenoxy) is 1. The minimum atomic E-state index is -0.124. The topological polar surface area (TPSA) is 38.7 Å². The predicted octanol–water partition coefficient (Wildman–Crippen LogP) is 3.93. The lowest BCUT2D eigenvalue weighted by Gasteiger charge is -2.13. The summed E-state index contributed by atoms with van der Waals surface area (Å²) in [4.78, 5) is 15.6. The molecule has 0 aromatic carbocycles. The highest BCUT2D eigenvalue weighted by molar-refractivity contribution is 5.69. The third-order valence-electron chi connectivity index (χ3n) is 3.39. The Morgan fingerprint density at radius 2 is 2.21 bits per heavy atom. The Hall–Kier alpha value is -1.12. The Morgan fingerprint density at radius 1 is 1.47 bits per heavy atom. The zero-order chi connectivity index (χ0) is 14.3. The maximum Gasteiger partial charge on any atom is 0.305 e. The van der Waals surface area contributed by atoms with E-state index in [0.29, 0.717) is 12.3 Å². The highest BCUT2D eigenvalue weighted by Crippen LogP contribution is 2.33. The lowest BCUT2D eigenvalue weighted by atomic mass is 9.98. The predicted molar refractivity (Wildman–Crippen MR) is 79.5 cm³/mol. The molecule has 0 spiro atoms. The first kappa shape index (κ1) is 15.9. The fraction of sp³-hybridized carbons (Fsp3) is 0.750. The van der Waals surface area contributed by atoms with Gasteiger partial charge in [0.1, 0.15) is 0 Å². The molecule has 0 aromatic rings. The van der Waals surface area contributed by atoms with E-state index in [0.717, 1.165) is 12.8 Å². The molecule has 1 atom stereocenters. The number of hydrogen-bond acceptors (Lipinski definition) is 3. The maximum absolute atomic E-state index is 11.1. The molecule has 0 aliphatic heterocycles. The molecule has 1 saturated carbocycles. The summed E-state index contributed by atoms with van der Waals surface area (Å²) in [6, 6.07) is 0. The highest BCUT2D eigenvalue weighted by Gasteiger charge is 2.19. The van der Waals surface area contributed by atoms with E-state index in [1.54, 1.807) is 0 Å². The highest BCUT2D eigenvalue weighted by atomic mass is 16.5. The van der Waals surface area contributed by atoms with E-state index in [4.69, 9.17) is 0 Å². The normalized spacial score (nSPS) is 22.3. The third kappa shape index (κ3) is 6.55. The number of rotatable bonds is 5. The third-order valence-corrected chi connectivity index (χ3v) is 3.39. The molecule has 0 radical (unpaired) electrons. The molecule has 3 nitrogen and oxygen atoms in total. The van der Waals surface area contributed by atoms with Gasteiger partial charge in [-0.25, -0.2) is 0 Å². The molecular weight excluding hydrogens is 238 g/mol. The van der Waals surface area contributed by atoms with Crippen molar-refractivity contribution in [1.29, 1.82) is 0 Å². The smallest absolute Gasteiger partial charge is 0.305 e. The Balaban J connectivity index is 2.43. The number of esters is 1. The van der Waals surface area contributed by atoms with Crippen molar-refractivity contribution >= 4 is 12.2 Å². The van der Waals surface area contributed by atoms with Crippen LogP contribution >= 0.6 is 0 Å². The Morgan fingerprint density at radius 3 is 2.84 bits per heavy atom. The average Bonchev–Trinajstić information content (AvgIpc) is 2.75. The molecule has 0 heterocycles. The van der Waals surface area contributed by atoms with E-state index in [9.17, 15) is 4.79 Å². The summed E-state index contributed by atoms with van der Waals surface area (Å²) in [7, 11) is 1.44. The van der Waals surface area contributed by atoms with E-state index in [-0.39, 0.29) is 11.5 Å². The SMILES string of the molecule is COC(=O)CCC=C1CCCC1CC=NC(C)(C)C. The lowest BCUT2D eigenvalue weighted by molar-refractivity contribution is -0.140. The van der Waals surface area contributed by atoms with Crippen molar-refractivity contribution in [2.45, 2.75) is 64.8 Å². The van der Waals surface area contributed by atoms with Crippen molar-refractivity contribution in [1.82, 2.24) is 0 Å². The fourth-order valence-electron chi connectivity index (χ4n) is 2.41. The molecule has 0 saturated heterocycles. The van der Waals surface area contributed by atoms with Gasteiger partial charge in [-0.05, 0) is 65.0 Å². The van der Waals surface area contributed by atoms with Gasteiger partial charge in [-0.1, -0.05) is 11.6 Å². The van der Waals surface area contributed by atoms with Gasteiger partial charge >= 0.3 is 5.97 Å². The van der Waals surface area contributed by atoms with Crippen LogP contribution in [0, 0.1) is 5.92 Å². The van der Waals surface area contributed by atoms with Gasteiger partial charge in [0.05, 0.1) is 12.6 Å². The van der Waals surface area contributed by atoms with Gasteiger partial charge in [-0.2, -0.15) is 0 Å². The summed E-state index contributed by atoms with van der Waals surface area (Å²) in [5, 5.41) is 0. The fourth-order valence-corrected chi connectivity index (χ4v) is 2.41. The average molecular weight is 265 g/mol. The number of nitrogens with zero attached hydrogens (tertiary/aromatic N) is 1. The van der Waals surface area contributed by atoms with Crippen molar-refractivity contribution in [2.75, 3.05) is 7.11 Å². The number of carbonyl (C=O) groups excluding carboxylic acids is 1. The summed E-state index contributed by atoms with van der Waals surface area (Å²) in [6.07, 6.45) is 10.3. The van der Waals surface area contributed by atoms with E-state index < -0.39 is 0 Å². The summed E-state index contributed by atoms with van der Waals surface area (Å²) in [5.74, 6) is 0.504. The molecule has 0 amide bonds. The van der Waals surface area contributed by atoms with Gasteiger partial charge in [0, 0.05) is 6.42 Å². The van der Waals surface area contributed by atoms with Crippen LogP contribution in [-0.2, 0) is 9.53 Å². The molecule has 0 aromatic heterocycles. The minimum absolute atomic E-state index is 0.0212. The summed E-state index contributed by atoms with van der Waals surface area (Å²) in [6.45, 7) is 6.35. The van der Waals surface area contributed by atoms with Crippen LogP contribution in [0.25, 0.3) is 0 Å². The van der Waals surface area contributed by atoms with E-state index in [2.05, 4.69) is 42.8 Å². The first-order valence-corrected chi connectivity index (χ1v) is 7.22. The largest absolute Gasteiger partial charge is 0.469 e. The zero-order valence-corrected chi connectivity index (χ0v) is 12.7. The van der Waals surface area contributed by atoms with Gasteiger partial charge in [0.15, 0.2) is 0 Å². The van der Waals surface area contributed by atoms with Crippen LogP contribution in [0.3, 0.4) is 0 Å². The van der Waals surface area contributed by atoms with Crippen molar-refractivity contribution in [2.24, 2.45) is 10.9 Å². The van der Waals surface area contributed by atoms with Crippen LogP contribution in [-0.4, -0.2) is 24.8 Å². The minimum Gasteiger partial charge on any atom is -0.469 e. The second-order valence-corrected chi connectivity index (χ2v) is 6.20. The standard InChI is InChI=1S/C16H27NO2/c1-16(2,3)17-12-11-14-8-5-7-13(14)9-6-10-15(18)19-4/h9,12,14H,5-8,10-11H2,1-4H3. The molecule has 1 unspecified atom stereocenters. The number of methoxy groups -OCH3 is 1. The lowest BCUT2D eigenvalue weighted by Crippen LogP contribution is -2.10. The van der Waals surface area contributed by atoms with Gasteiger partial charge < -0.3 is 4.74 Å². The van der Waals surface area contributed by atoms with Gasteiger partial charge in [-0.15, -0.1) is 0 Å². The monoisotopic (exact) mass is 265 g/mol. The molecule has 1 fully saturated rings. The first-order chi connectivity index (χ1) is 8.92. The molecule has 19 heavy (non-hydrogen) atoms. The van der Waals surface area contributed by atoms with Gasteiger partial charge in [-0.3, -0.25) is 9.79 Å². The number of hydrogen-bond donors (Lipinski definition) is 0. The molecule has 0 bridgehead atoms. The zero-order valence-electron chi connectivity index (χ0n) is 12.7. The van der Waals surface area contributed by atoms with Gasteiger partial charge in [0.2, 0.25) is 0 Å². The van der Waals surface area contributed by atoms with Crippen LogP contribution in [0.2, 0.25) is 0 Å². The summed E-state index contributed by atoms with van der Waals surface area (Å²) < 4.78 is 4.65. The van der Waals surface area contributed by atoms with Crippen molar-refractivity contribution in [3.8, 4) is 0 Å². The first-order valence-electron chi connectivity index (χ1n) is 7.22. The molecule has 108 valence electrons. The van der Waals surface area contributed by atoms with Crippen molar-refractivity contribution in [3.63, 3.8) is 0 Å². The van der Waals surface area contributed by atoms with Crippen LogP contribution in [0.4, 0.5) is 0 Å². The molecule has 1 aliphatic carbocycles. The molecule has 1 rings (SSSR count). The quantitative estimate of drug-likeness (QED) is 0.429. The van der Waals surface area contributed by atoms with E-state index >= 15 is 0 Å². The van der Waals surface area contributed by atoms with Crippen LogP contribution in [0.5, 0.6) is 0 Å².